The monoisotopic (exact) mass is 319 g/mol. The van der Waals surface area contributed by atoms with Crippen LogP contribution < -0.4 is 5.73 Å². The van der Waals surface area contributed by atoms with Crippen LogP contribution in [0.4, 0.5) is 5.82 Å². The fourth-order valence-corrected chi connectivity index (χ4v) is 2.04. The SMILES string of the molecule is CCOC(=O)c1nc(-c2cc(C)ccc2C(O)(O)O)cnc1N. The predicted molar refractivity (Wildman–Crippen MR) is 80.9 cm³/mol. The molecule has 0 saturated heterocycles. The lowest BCUT2D eigenvalue weighted by atomic mass is 10.00. The molecule has 0 bridgehead atoms. The van der Waals surface area contributed by atoms with Crippen LogP contribution in [0.2, 0.25) is 0 Å². The molecule has 0 aliphatic heterocycles. The Kier molecular flexibility index (Phi) is 4.60. The van der Waals surface area contributed by atoms with E-state index in [-0.39, 0.29) is 34.9 Å². The number of aromatic nitrogens is 2. The van der Waals surface area contributed by atoms with Crippen LogP contribution in [-0.4, -0.2) is 37.9 Å². The van der Waals surface area contributed by atoms with E-state index in [1.165, 1.54) is 12.3 Å². The van der Waals surface area contributed by atoms with Gasteiger partial charge in [0.25, 0.3) is 0 Å². The van der Waals surface area contributed by atoms with Gasteiger partial charge in [0.15, 0.2) is 11.5 Å². The quantitative estimate of drug-likeness (QED) is 0.466. The number of carbonyl (C=O) groups is 1. The zero-order valence-electron chi connectivity index (χ0n) is 12.6. The molecule has 0 unspecified atom stereocenters. The molecule has 8 heteroatoms. The Morgan fingerprint density at radius 2 is 2.04 bits per heavy atom. The number of ether oxygens (including phenoxy) is 1. The normalized spacial score (nSPS) is 11.3. The molecule has 1 aromatic heterocycles. The highest BCUT2D eigenvalue weighted by molar-refractivity contribution is 5.92. The summed E-state index contributed by atoms with van der Waals surface area (Å²) in [6.07, 6.45) is 1.27. The zero-order chi connectivity index (χ0) is 17.2. The van der Waals surface area contributed by atoms with Crippen LogP contribution in [-0.2, 0) is 10.7 Å². The van der Waals surface area contributed by atoms with Crippen molar-refractivity contribution >= 4 is 11.8 Å². The average molecular weight is 319 g/mol. The first-order valence-electron chi connectivity index (χ1n) is 6.82. The molecule has 0 fully saturated rings. The fourth-order valence-electron chi connectivity index (χ4n) is 2.04. The van der Waals surface area contributed by atoms with Crippen LogP contribution in [0.5, 0.6) is 0 Å². The summed E-state index contributed by atoms with van der Waals surface area (Å²) in [5.74, 6) is -3.91. The van der Waals surface area contributed by atoms with E-state index in [1.807, 2.05) is 0 Å². The second-order valence-electron chi connectivity index (χ2n) is 4.89. The summed E-state index contributed by atoms with van der Waals surface area (Å²) in [6.45, 7) is 3.56. The van der Waals surface area contributed by atoms with Crippen molar-refractivity contribution in [2.24, 2.45) is 0 Å². The molecule has 8 nitrogen and oxygen atoms in total. The van der Waals surface area contributed by atoms with Gasteiger partial charge in [0.2, 0.25) is 0 Å². The van der Waals surface area contributed by atoms with Crippen molar-refractivity contribution in [2.75, 3.05) is 12.3 Å². The van der Waals surface area contributed by atoms with Crippen molar-refractivity contribution in [1.29, 1.82) is 0 Å². The number of aliphatic hydroxyl groups is 3. The highest BCUT2D eigenvalue weighted by atomic mass is 16.7. The first kappa shape index (κ1) is 16.8. The zero-order valence-corrected chi connectivity index (χ0v) is 12.6. The van der Waals surface area contributed by atoms with Crippen LogP contribution in [0.25, 0.3) is 11.3 Å². The lowest BCUT2D eigenvalue weighted by Crippen LogP contribution is -2.25. The van der Waals surface area contributed by atoms with Gasteiger partial charge in [0.05, 0.1) is 18.5 Å². The van der Waals surface area contributed by atoms with E-state index in [2.05, 4.69) is 9.97 Å². The molecule has 1 aromatic carbocycles. The number of esters is 1. The molecule has 0 amide bonds. The average Bonchev–Trinajstić information content (AvgIpc) is 2.46. The minimum Gasteiger partial charge on any atom is -0.461 e. The number of aryl methyl sites for hydroxylation is 1. The molecular weight excluding hydrogens is 302 g/mol. The molecule has 122 valence electrons. The summed E-state index contributed by atoms with van der Waals surface area (Å²) in [7, 11) is 0. The first-order chi connectivity index (χ1) is 10.7. The van der Waals surface area contributed by atoms with Crippen molar-refractivity contribution in [2.45, 2.75) is 19.8 Å². The molecule has 0 spiro atoms. The highest BCUT2D eigenvalue weighted by Crippen LogP contribution is 2.29. The van der Waals surface area contributed by atoms with Crippen molar-refractivity contribution in [3.63, 3.8) is 0 Å². The second-order valence-corrected chi connectivity index (χ2v) is 4.89. The maximum Gasteiger partial charge on any atom is 0.360 e. The Balaban J connectivity index is 2.61. The van der Waals surface area contributed by atoms with Gasteiger partial charge >= 0.3 is 11.9 Å². The van der Waals surface area contributed by atoms with Gasteiger partial charge in [-0.1, -0.05) is 17.7 Å². The van der Waals surface area contributed by atoms with Crippen molar-refractivity contribution in [1.82, 2.24) is 9.97 Å². The van der Waals surface area contributed by atoms with E-state index >= 15 is 0 Å². The maximum atomic E-state index is 11.8. The Labute approximate surface area is 132 Å². The van der Waals surface area contributed by atoms with Crippen LogP contribution in [0.3, 0.4) is 0 Å². The minimum atomic E-state index is -3.06. The van der Waals surface area contributed by atoms with Crippen molar-refractivity contribution in [3.05, 3.63) is 41.2 Å². The fraction of sp³-hybridized carbons (Fsp3) is 0.267. The van der Waals surface area contributed by atoms with Gasteiger partial charge in [-0.15, -0.1) is 0 Å². The number of rotatable bonds is 4. The van der Waals surface area contributed by atoms with E-state index in [9.17, 15) is 20.1 Å². The molecule has 0 aliphatic carbocycles. The Morgan fingerprint density at radius 3 is 2.65 bits per heavy atom. The summed E-state index contributed by atoms with van der Waals surface area (Å²) >= 11 is 0. The van der Waals surface area contributed by atoms with E-state index in [1.54, 1.807) is 26.0 Å². The summed E-state index contributed by atoms with van der Waals surface area (Å²) in [5.41, 5.74) is 6.38. The lowest BCUT2D eigenvalue weighted by Gasteiger charge is -2.19. The molecule has 0 saturated carbocycles. The van der Waals surface area contributed by atoms with Crippen molar-refractivity contribution < 1.29 is 24.9 Å². The smallest absolute Gasteiger partial charge is 0.360 e. The van der Waals surface area contributed by atoms with Crippen LogP contribution in [0, 0.1) is 6.92 Å². The summed E-state index contributed by atoms with van der Waals surface area (Å²) < 4.78 is 4.85. The minimum absolute atomic E-state index is 0.107. The number of nitrogens with two attached hydrogens (primary N) is 1. The highest BCUT2D eigenvalue weighted by Gasteiger charge is 2.27. The molecule has 23 heavy (non-hydrogen) atoms. The van der Waals surface area contributed by atoms with Gasteiger partial charge in [0, 0.05) is 11.1 Å². The number of nitrogens with zero attached hydrogens (tertiary/aromatic N) is 2. The topological polar surface area (TPSA) is 139 Å². The Hall–Kier alpha value is -2.55. The van der Waals surface area contributed by atoms with Gasteiger partial charge in [-0.3, -0.25) is 0 Å². The van der Waals surface area contributed by atoms with Gasteiger partial charge in [-0.2, -0.15) is 0 Å². The van der Waals surface area contributed by atoms with Gasteiger partial charge in [0.1, 0.15) is 0 Å². The first-order valence-corrected chi connectivity index (χ1v) is 6.82. The maximum absolute atomic E-state index is 11.8. The molecule has 2 aromatic rings. The number of hydrogen-bond acceptors (Lipinski definition) is 8. The number of benzene rings is 1. The third-order valence-electron chi connectivity index (χ3n) is 3.08. The summed E-state index contributed by atoms with van der Waals surface area (Å²) in [4.78, 5) is 19.8. The number of carbonyl (C=O) groups excluding carboxylic acids is 1. The lowest BCUT2D eigenvalue weighted by molar-refractivity contribution is -0.323. The van der Waals surface area contributed by atoms with E-state index < -0.39 is 11.9 Å². The molecule has 5 N–H and O–H groups in total. The molecular formula is C15H17N3O5. The van der Waals surface area contributed by atoms with Crippen molar-refractivity contribution in [3.8, 4) is 11.3 Å². The van der Waals surface area contributed by atoms with E-state index in [0.717, 1.165) is 5.56 Å². The third kappa shape index (κ3) is 3.62. The summed E-state index contributed by atoms with van der Waals surface area (Å²) in [6, 6.07) is 4.50. The molecule has 1 heterocycles. The van der Waals surface area contributed by atoms with Crippen LogP contribution in [0.15, 0.2) is 24.4 Å². The third-order valence-corrected chi connectivity index (χ3v) is 3.08. The van der Waals surface area contributed by atoms with Crippen LogP contribution >= 0.6 is 0 Å². The second kappa shape index (κ2) is 6.29. The predicted octanol–water partition coefficient (Wildman–Crippen LogP) is 0.298. The Bertz CT molecular complexity index is 740. The molecule has 0 aliphatic rings. The standard InChI is InChI=1S/C15H17N3O5/c1-3-23-14(19)12-13(16)17-7-11(18-12)9-6-8(2)4-5-10(9)15(20,21)22/h4-7,20-22H,3H2,1-2H3,(H2,16,17). The van der Waals surface area contributed by atoms with Crippen LogP contribution in [0.1, 0.15) is 28.5 Å². The number of nitrogen functional groups attached to an aromatic ring is 1. The molecule has 0 atom stereocenters. The van der Waals surface area contributed by atoms with E-state index in [0.29, 0.717) is 0 Å². The van der Waals surface area contributed by atoms with Gasteiger partial charge < -0.3 is 25.8 Å². The molecule has 2 rings (SSSR count). The largest absolute Gasteiger partial charge is 0.461 e. The van der Waals surface area contributed by atoms with Gasteiger partial charge in [-0.05, 0) is 19.9 Å². The molecule has 0 radical (unpaired) electrons. The summed E-state index contributed by atoms with van der Waals surface area (Å²) in [5, 5.41) is 28.5. The Morgan fingerprint density at radius 1 is 1.35 bits per heavy atom. The number of anilines is 1. The van der Waals surface area contributed by atoms with E-state index in [4.69, 9.17) is 10.5 Å². The number of hydrogen-bond donors (Lipinski definition) is 4. The van der Waals surface area contributed by atoms with Gasteiger partial charge in [-0.25, -0.2) is 14.8 Å².